The van der Waals surface area contributed by atoms with Crippen LogP contribution >= 0.6 is 11.3 Å². The van der Waals surface area contributed by atoms with Crippen molar-refractivity contribution in [3.8, 4) is 5.75 Å². The quantitative estimate of drug-likeness (QED) is 0.643. The van der Waals surface area contributed by atoms with Crippen molar-refractivity contribution < 1.29 is 14.3 Å². The highest BCUT2D eigenvalue weighted by Crippen LogP contribution is 2.38. The number of rotatable bonds is 9. The Morgan fingerprint density at radius 2 is 2.04 bits per heavy atom. The molecule has 0 amide bonds. The van der Waals surface area contributed by atoms with Crippen LogP contribution in [0.2, 0.25) is 0 Å². The number of carbonyl (C=O) groups is 1. The van der Waals surface area contributed by atoms with Gasteiger partial charge in [0.1, 0.15) is 5.75 Å². The molecule has 136 valence electrons. The highest BCUT2D eigenvalue weighted by atomic mass is 32.1. The minimum absolute atomic E-state index is 0.0982. The number of carbonyl (C=O) groups excluding carboxylic acids is 1. The molecule has 0 fully saturated rings. The normalized spacial score (nSPS) is 11.2. The van der Waals surface area contributed by atoms with E-state index in [0.717, 1.165) is 41.5 Å². The number of hydrogen-bond donors (Lipinski definition) is 1. The predicted octanol–water partition coefficient (Wildman–Crippen LogP) is 4.91. The number of anilines is 2. The van der Waals surface area contributed by atoms with Crippen LogP contribution in [0.5, 0.6) is 5.75 Å². The minimum Gasteiger partial charge on any atom is -0.497 e. The number of nitrogens with one attached hydrogen (secondary N) is 1. The van der Waals surface area contributed by atoms with Gasteiger partial charge in [-0.2, -0.15) is 0 Å². The third-order valence-corrected chi connectivity index (χ3v) is 5.52. The molecule has 1 N–H and O–H groups in total. The second-order valence-electron chi connectivity index (χ2n) is 5.96. The van der Waals surface area contributed by atoms with Crippen molar-refractivity contribution in [3.05, 3.63) is 35.3 Å². The summed E-state index contributed by atoms with van der Waals surface area (Å²) in [5, 5.41) is 6.26. The molecule has 0 bridgehead atoms. The van der Waals surface area contributed by atoms with Gasteiger partial charge in [-0.25, -0.2) is 4.98 Å². The average Bonchev–Trinajstić information content (AvgIpc) is 3.11. The molecule has 0 atom stereocenters. The highest BCUT2D eigenvalue weighted by Gasteiger charge is 2.31. The van der Waals surface area contributed by atoms with Gasteiger partial charge >= 0.3 is 5.97 Å². The van der Waals surface area contributed by atoms with Gasteiger partial charge in [0.25, 0.3) is 0 Å². The van der Waals surface area contributed by atoms with Gasteiger partial charge in [0, 0.05) is 29.0 Å². The molecule has 0 aliphatic heterocycles. The topological polar surface area (TPSA) is 60.5 Å². The first-order chi connectivity index (χ1) is 12.1. The number of esters is 1. The van der Waals surface area contributed by atoms with Gasteiger partial charge in [0.2, 0.25) is 0 Å². The van der Waals surface area contributed by atoms with E-state index in [-0.39, 0.29) is 11.4 Å². The van der Waals surface area contributed by atoms with Gasteiger partial charge in [-0.3, -0.25) is 4.79 Å². The van der Waals surface area contributed by atoms with Gasteiger partial charge in [-0.15, -0.1) is 11.3 Å². The smallest absolute Gasteiger partial charge is 0.305 e. The number of methoxy groups -OCH3 is 2. The summed E-state index contributed by atoms with van der Waals surface area (Å²) in [5.41, 5.74) is 1.88. The zero-order chi connectivity index (χ0) is 18.3. The molecule has 25 heavy (non-hydrogen) atoms. The van der Waals surface area contributed by atoms with Gasteiger partial charge in [-0.1, -0.05) is 19.9 Å². The van der Waals surface area contributed by atoms with Crippen LogP contribution in [0.1, 0.15) is 45.2 Å². The molecule has 0 spiro atoms. The Morgan fingerprint density at radius 3 is 2.68 bits per heavy atom. The monoisotopic (exact) mass is 362 g/mol. The Hall–Kier alpha value is -2.08. The number of aromatic nitrogens is 1. The lowest BCUT2D eigenvalue weighted by molar-refractivity contribution is -0.141. The van der Waals surface area contributed by atoms with Crippen LogP contribution in [-0.4, -0.2) is 25.2 Å². The number of hydrogen-bond acceptors (Lipinski definition) is 6. The summed E-state index contributed by atoms with van der Waals surface area (Å²) in [7, 11) is 3.08. The van der Waals surface area contributed by atoms with E-state index >= 15 is 0 Å². The Labute approximate surface area is 153 Å². The molecule has 1 aromatic carbocycles. The maximum absolute atomic E-state index is 11.6. The molecule has 0 saturated carbocycles. The maximum Gasteiger partial charge on any atom is 0.305 e. The first-order valence-electron chi connectivity index (χ1n) is 8.50. The second kappa shape index (κ2) is 8.85. The van der Waals surface area contributed by atoms with Crippen LogP contribution in [0.4, 0.5) is 10.8 Å². The van der Waals surface area contributed by atoms with Crippen molar-refractivity contribution in [1.29, 1.82) is 0 Å². The van der Waals surface area contributed by atoms with Crippen molar-refractivity contribution in [2.45, 2.75) is 44.9 Å². The molecule has 6 heteroatoms. The molecular formula is C19H26N2O3S. The van der Waals surface area contributed by atoms with E-state index in [1.54, 1.807) is 18.4 Å². The Bertz CT molecular complexity index is 695. The summed E-state index contributed by atoms with van der Waals surface area (Å²) in [6, 6.07) is 7.76. The molecule has 0 aliphatic rings. The largest absolute Gasteiger partial charge is 0.497 e. The molecule has 1 aromatic heterocycles. The summed E-state index contributed by atoms with van der Waals surface area (Å²) < 4.78 is 10.0. The molecular weight excluding hydrogens is 336 g/mol. The molecule has 0 aliphatic carbocycles. The first-order valence-corrected chi connectivity index (χ1v) is 9.38. The SMILES string of the molecule is CCC(CC)(CCC(=O)OC)c1csc(Nc2cccc(OC)c2)n1. The number of thiazole rings is 1. The van der Waals surface area contributed by atoms with Crippen molar-refractivity contribution in [2.75, 3.05) is 19.5 Å². The summed E-state index contributed by atoms with van der Waals surface area (Å²) in [4.78, 5) is 16.4. The number of benzene rings is 1. The molecule has 2 rings (SSSR count). The van der Waals surface area contributed by atoms with Crippen LogP contribution in [0, 0.1) is 0 Å². The summed E-state index contributed by atoms with van der Waals surface area (Å²) in [6.07, 6.45) is 3.02. The van der Waals surface area contributed by atoms with Crippen LogP contribution in [0.3, 0.4) is 0 Å². The molecule has 0 unspecified atom stereocenters. The lowest BCUT2D eigenvalue weighted by atomic mass is 9.76. The fourth-order valence-corrected chi connectivity index (χ4v) is 3.79. The van der Waals surface area contributed by atoms with Crippen molar-refractivity contribution in [2.24, 2.45) is 0 Å². The van der Waals surface area contributed by atoms with Crippen LogP contribution in [0.15, 0.2) is 29.6 Å². The molecule has 0 radical (unpaired) electrons. The maximum atomic E-state index is 11.6. The molecule has 2 aromatic rings. The van der Waals surface area contributed by atoms with Crippen LogP contribution in [0.25, 0.3) is 0 Å². The third-order valence-electron chi connectivity index (χ3n) is 4.76. The Kier molecular flexibility index (Phi) is 6.82. The predicted molar refractivity (Wildman–Crippen MR) is 102 cm³/mol. The zero-order valence-corrected chi connectivity index (χ0v) is 16.1. The van der Waals surface area contributed by atoms with E-state index in [4.69, 9.17) is 14.5 Å². The van der Waals surface area contributed by atoms with Gasteiger partial charge in [-0.05, 0) is 31.4 Å². The Balaban J connectivity index is 2.17. The van der Waals surface area contributed by atoms with Crippen LogP contribution < -0.4 is 10.1 Å². The first kappa shape index (κ1) is 19.2. The van der Waals surface area contributed by atoms with E-state index in [1.165, 1.54) is 7.11 Å². The number of nitrogens with zero attached hydrogens (tertiary/aromatic N) is 1. The molecule has 1 heterocycles. The second-order valence-corrected chi connectivity index (χ2v) is 6.82. The molecule has 5 nitrogen and oxygen atoms in total. The Morgan fingerprint density at radius 1 is 1.28 bits per heavy atom. The molecule has 0 saturated heterocycles. The van der Waals surface area contributed by atoms with E-state index in [0.29, 0.717) is 6.42 Å². The lowest BCUT2D eigenvalue weighted by Crippen LogP contribution is -2.26. The highest BCUT2D eigenvalue weighted by molar-refractivity contribution is 7.13. The summed E-state index contributed by atoms with van der Waals surface area (Å²) in [5.74, 6) is 0.632. The fraction of sp³-hybridized carbons (Fsp3) is 0.474. The van der Waals surface area contributed by atoms with E-state index in [9.17, 15) is 4.79 Å². The van der Waals surface area contributed by atoms with E-state index in [2.05, 4.69) is 24.5 Å². The van der Waals surface area contributed by atoms with E-state index < -0.39 is 0 Å². The standard InChI is InChI=1S/C19H26N2O3S/c1-5-19(6-2,11-10-17(22)24-4)16-13-25-18(21-16)20-14-8-7-9-15(12-14)23-3/h7-9,12-13H,5-6,10-11H2,1-4H3,(H,20,21). The number of ether oxygens (including phenoxy) is 2. The third kappa shape index (κ3) is 4.72. The van der Waals surface area contributed by atoms with Crippen molar-refractivity contribution >= 4 is 28.1 Å². The van der Waals surface area contributed by atoms with Crippen molar-refractivity contribution in [1.82, 2.24) is 4.98 Å². The summed E-state index contributed by atoms with van der Waals surface area (Å²) >= 11 is 1.58. The minimum atomic E-state index is -0.170. The van der Waals surface area contributed by atoms with E-state index in [1.807, 2.05) is 24.3 Å². The van der Waals surface area contributed by atoms with Gasteiger partial charge < -0.3 is 14.8 Å². The van der Waals surface area contributed by atoms with Gasteiger partial charge in [0.15, 0.2) is 5.13 Å². The average molecular weight is 362 g/mol. The van der Waals surface area contributed by atoms with Crippen molar-refractivity contribution in [3.63, 3.8) is 0 Å². The fourth-order valence-electron chi connectivity index (χ4n) is 2.94. The van der Waals surface area contributed by atoms with Gasteiger partial charge in [0.05, 0.1) is 19.9 Å². The lowest BCUT2D eigenvalue weighted by Gasteiger charge is -2.29. The zero-order valence-electron chi connectivity index (χ0n) is 15.3. The summed E-state index contributed by atoms with van der Waals surface area (Å²) in [6.45, 7) is 4.30. The van der Waals surface area contributed by atoms with Crippen LogP contribution in [-0.2, 0) is 14.9 Å².